The zero-order valence-corrected chi connectivity index (χ0v) is 15.1. The van der Waals surface area contributed by atoms with Crippen LogP contribution in [0, 0.1) is 17.7 Å². The normalized spacial score (nSPS) is 22.2. The first-order valence-corrected chi connectivity index (χ1v) is 9.10. The summed E-state index contributed by atoms with van der Waals surface area (Å²) >= 11 is 0. The molecule has 1 aromatic rings. The largest absolute Gasteiger partial charge is 0.496 e. The molecule has 0 saturated carbocycles. The standard InChI is InChI=1S/C19H28FN3O2/c1-22-8-5-14(6-9-22)15-7-10-23(13-15)19(24)21-12-16-11-17(20)3-4-18(16)25-2/h3-4,11,14-15H,5-10,12-13H2,1-2H3,(H,21,24)/t15-/m1/s1. The van der Waals surface area contributed by atoms with E-state index >= 15 is 0 Å². The molecule has 0 aromatic heterocycles. The summed E-state index contributed by atoms with van der Waals surface area (Å²) in [7, 11) is 3.72. The lowest BCUT2D eigenvalue weighted by atomic mass is 9.84. The highest BCUT2D eigenvalue weighted by Gasteiger charge is 2.33. The third-order valence-corrected chi connectivity index (χ3v) is 5.61. The molecule has 1 atom stereocenters. The number of benzene rings is 1. The Morgan fingerprint density at radius 2 is 1.96 bits per heavy atom. The number of nitrogens with zero attached hydrogens (tertiary/aromatic N) is 2. The molecule has 0 bridgehead atoms. The molecule has 6 heteroatoms. The first-order chi connectivity index (χ1) is 12.1. The summed E-state index contributed by atoms with van der Waals surface area (Å²) in [5.41, 5.74) is 0.655. The van der Waals surface area contributed by atoms with Gasteiger partial charge in [-0.1, -0.05) is 0 Å². The first-order valence-electron chi connectivity index (χ1n) is 9.10. The van der Waals surface area contributed by atoms with E-state index in [0.717, 1.165) is 38.5 Å². The molecule has 2 amide bonds. The molecule has 0 unspecified atom stereocenters. The van der Waals surface area contributed by atoms with Gasteiger partial charge in [-0.2, -0.15) is 0 Å². The molecule has 2 heterocycles. The summed E-state index contributed by atoms with van der Waals surface area (Å²) in [4.78, 5) is 16.7. The van der Waals surface area contributed by atoms with Gasteiger partial charge < -0.3 is 19.9 Å². The van der Waals surface area contributed by atoms with E-state index in [1.165, 1.54) is 25.0 Å². The van der Waals surface area contributed by atoms with Crippen molar-refractivity contribution in [2.24, 2.45) is 11.8 Å². The second-order valence-electron chi connectivity index (χ2n) is 7.25. The molecule has 2 fully saturated rings. The van der Waals surface area contributed by atoms with Crippen LogP contribution in [0.1, 0.15) is 24.8 Å². The molecule has 0 aliphatic carbocycles. The van der Waals surface area contributed by atoms with Crippen molar-refractivity contribution in [3.8, 4) is 5.75 Å². The van der Waals surface area contributed by atoms with Gasteiger partial charge in [0.15, 0.2) is 0 Å². The van der Waals surface area contributed by atoms with Crippen LogP contribution in [0.2, 0.25) is 0 Å². The second kappa shape index (κ2) is 8.04. The van der Waals surface area contributed by atoms with Crippen molar-refractivity contribution >= 4 is 6.03 Å². The third-order valence-electron chi connectivity index (χ3n) is 5.61. The van der Waals surface area contributed by atoms with Gasteiger partial charge >= 0.3 is 6.03 Å². The van der Waals surface area contributed by atoms with Crippen molar-refractivity contribution in [3.63, 3.8) is 0 Å². The van der Waals surface area contributed by atoms with E-state index < -0.39 is 0 Å². The number of piperidine rings is 1. The molecular formula is C19H28FN3O2. The van der Waals surface area contributed by atoms with Gasteiger partial charge in [0.2, 0.25) is 0 Å². The number of hydrogen-bond donors (Lipinski definition) is 1. The smallest absolute Gasteiger partial charge is 0.317 e. The van der Waals surface area contributed by atoms with E-state index in [1.54, 1.807) is 13.2 Å². The second-order valence-corrected chi connectivity index (χ2v) is 7.25. The number of rotatable bonds is 4. The number of methoxy groups -OCH3 is 1. The number of nitrogens with one attached hydrogen (secondary N) is 1. The van der Waals surface area contributed by atoms with E-state index in [2.05, 4.69) is 17.3 Å². The molecule has 1 aromatic carbocycles. The highest BCUT2D eigenvalue weighted by atomic mass is 19.1. The quantitative estimate of drug-likeness (QED) is 0.909. The molecule has 0 radical (unpaired) electrons. The van der Waals surface area contributed by atoms with Crippen molar-refractivity contribution < 1.29 is 13.9 Å². The van der Waals surface area contributed by atoms with Gasteiger partial charge in [0.1, 0.15) is 11.6 Å². The van der Waals surface area contributed by atoms with E-state index in [4.69, 9.17) is 4.74 Å². The Morgan fingerprint density at radius 1 is 1.24 bits per heavy atom. The Balaban J connectivity index is 1.50. The molecular weight excluding hydrogens is 321 g/mol. The minimum atomic E-state index is -0.325. The van der Waals surface area contributed by atoms with Crippen molar-refractivity contribution in [1.29, 1.82) is 0 Å². The van der Waals surface area contributed by atoms with Crippen molar-refractivity contribution in [2.45, 2.75) is 25.8 Å². The van der Waals surface area contributed by atoms with Crippen LogP contribution in [0.15, 0.2) is 18.2 Å². The predicted octanol–water partition coefficient (Wildman–Crippen LogP) is 2.71. The molecule has 2 aliphatic rings. The molecule has 138 valence electrons. The minimum Gasteiger partial charge on any atom is -0.496 e. The highest BCUT2D eigenvalue weighted by Crippen LogP contribution is 2.31. The number of amides is 2. The van der Waals surface area contributed by atoms with Crippen LogP contribution in [0.5, 0.6) is 5.75 Å². The van der Waals surface area contributed by atoms with Crippen LogP contribution in [0.3, 0.4) is 0 Å². The summed E-state index contributed by atoms with van der Waals surface area (Å²) < 4.78 is 18.6. The monoisotopic (exact) mass is 349 g/mol. The van der Waals surface area contributed by atoms with Gasteiger partial charge in [0.25, 0.3) is 0 Å². The van der Waals surface area contributed by atoms with Gasteiger partial charge in [0.05, 0.1) is 7.11 Å². The zero-order valence-electron chi connectivity index (χ0n) is 15.1. The predicted molar refractivity (Wildman–Crippen MR) is 95.1 cm³/mol. The van der Waals surface area contributed by atoms with E-state index in [-0.39, 0.29) is 18.4 Å². The van der Waals surface area contributed by atoms with Crippen LogP contribution in [0.25, 0.3) is 0 Å². The molecule has 1 N–H and O–H groups in total. The first kappa shape index (κ1) is 18.0. The summed E-state index contributed by atoms with van der Waals surface area (Å²) in [6.07, 6.45) is 3.55. The maximum Gasteiger partial charge on any atom is 0.317 e. The Bertz CT molecular complexity index is 602. The highest BCUT2D eigenvalue weighted by molar-refractivity contribution is 5.74. The van der Waals surface area contributed by atoms with Gasteiger partial charge in [-0.05, 0) is 69.4 Å². The van der Waals surface area contributed by atoms with Crippen LogP contribution in [-0.4, -0.2) is 56.2 Å². The van der Waals surface area contributed by atoms with E-state index in [0.29, 0.717) is 17.2 Å². The van der Waals surface area contributed by atoms with E-state index in [9.17, 15) is 9.18 Å². The number of carbonyl (C=O) groups excluding carboxylic acids is 1. The Kier molecular flexibility index (Phi) is 5.78. The molecule has 0 spiro atoms. The maximum atomic E-state index is 13.4. The van der Waals surface area contributed by atoms with Gasteiger partial charge in [-0.15, -0.1) is 0 Å². The van der Waals surface area contributed by atoms with Crippen LogP contribution >= 0.6 is 0 Å². The summed E-state index contributed by atoms with van der Waals surface area (Å²) in [5, 5.41) is 2.91. The van der Waals surface area contributed by atoms with Crippen molar-refractivity contribution in [3.05, 3.63) is 29.6 Å². The zero-order chi connectivity index (χ0) is 17.8. The molecule has 2 saturated heterocycles. The fourth-order valence-corrected chi connectivity index (χ4v) is 4.02. The summed E-state index contributed by atoms with van der Waals surface area (Å²) in [5.74, 6) is 1.61. The number of hydrogen-bond acceptors (Lipinski definition) is 3. The number of ether oxygens (including phenoxy) is 1. The van der Waals surface area contributed by atoms with Crippen molar-refractivity contribution in [1.82, 2.24) is 15.1 Å². The number of urea groups is 1. The number of likely N-dealkylation sites (tertiary alicyclic amines) is 2. The molecule has 3 rings (SSSR count). The Labute approximate surface area is 149 Å². The average molecular weight is 349 g/mol. The average Bonchev–Trinajstić information content (AvgIpc) is 3.10. The topological polar surface area (TPSA) is 44.8 Å². The molecule has 2 aliphatic heterocycles. The van der Waals surface area contributed by atoms with Crippen LogP contribution in [0.4, 0.5) is 9.18 Å². The lowest BCUT2D eigenvalue weighted by Gasteiger charge is -2.32. The summed E-state index contributed by atoms with van der Waals surface area (Å²) in [6.45, 7) is 4.23. The van der Waals surface area contributed by atoms with Crippen LogP contribution in [-0.2, 0) is 6.54 Å². The lowest BCUT2D eigenvalue weighted by molar-refractivity contribution is 0.168. The van der Waals surface area contributed by atoms with Gasteiger partial charge in [-0.25, -0.2) is 9.18 Å². The summed E-state index contributed by atoms with van der Waals surface area (Å²) in [6, 6.07) is 4.28. The third kappa shape index (κ3) is 4.42. The Morgan fingerprint density at radius 3 is 2.68 bits per heavy atom. The number of halogens is 1. The van der Waals surface area contributed by atoms with Crippen LogP contribution < -0.4 is 10.1 Å². The Hall–Kier alpha value is -1.82. The maximum absolute atomic E-state index is 13.4. The fraction of sp³-hybridized carbons (Fsp3) is 0.632. The molecule has 25 heavy (non-hydrogen) atoms. The molecule has 5 nitrogen and oxygen atoms in total. The van der Waals surface area contributed by atoms with Gasteiger partial charge in [-0.3, -0.25) is 0 Å². The van der Waals surface area contributed by atoms with Gasteiger partial charge in [0, 0.05) is 25.2 Å². The van der Waals surface area contributed by atoms with E-state index in [1.807, 2.05) is 4.90 Å². The minimum absolute atomic E-state index is 0.0678. The van der Waals surface area contributed by atoms with Crippen molar-refractivity contribution in [2.75, 3.05) is 40.3 Å². The lowest BCUT2D eigenvalue weighted by Crippen LogP contribution is -2.39. The fourth-order valence-electron chi connectivity index (χ4n) is 4.02. The SMILES string of the molecule is COc1ccc(F)cc1CNC(=O)N1CC[C@@H](C2CCN(C)CC2)C1. The number of carbonyl (C=O) groups is 1.